The molecule has 1 aromatic heterocycles. The molecular formula is C16H20N2O7. The number of aromatic amines is 1. The molecule has 0 saturated carbocycles. The molecule has 1 fully saturated rings. The Morgan fingerprint density at radius 3 is 2.64 bits per heavy atom. The molecule has 0 spiro atoms. The highest BCUT2D eigenvalue weighted by Crippen LogP contribution is 2.32. The molecular weight excluding hydrogens is 332 g/mol. The topological polar surface area (TPSA) is 131 Å². The summed E-state index contributed by atoms with van der Waals surface area (Å²) in [6, 6.07) is 0. The van der Waals surface area contributed by atoms with Crippen LogP contribution in [-0.2, 0) is 14.3 Å². The van der Waals surface area contributed by atoms with Gasteiger partial charge >= 0.3 is 11.7 Å². The predicted octanol–water partition coefficient (Wildman–Crippen LogP) is -1.27. The number of rotatable bonds is 3. The Bertz CT molecular complexity index is 811. The van der Waals surface area contributed by atoms with E-state index < -0.39 is 53.8 Å². The van der Waals surface area contributed by atoms with Crippen LogP contribution in [0.25, 0.3) is 0 Å². The summed E-state index contributed by atoms with van der Waals surface area (Å²) in [5.41, 5.74) is -2.59. The van der Waals surface area contributed by atoms with Gasteiger partial charge in [-0.25, -0.2) is 4.79 Å². The van der Waals surface area contributed by atoms with Crippen LogP contribution in [0.2, 0.25) is 0 Å². The molecule has 0 amide bonds. The first-order chi connectivity index (χ1) is 11.6. The van der Waals surface area contributed by atoms with Crippen LogP contribution in [0.4, 0.5) is 0 Å². The average molecular weight is 352 g/mol. The van der Waals surface area contributed by atoms with E-state index in [1.807, 2.05) is 4.98 Å². The van der Waals surface area contributed by atoms with Gasteiger partial charge in [0.05, 0.1) is 12.0 Å². The van der Waals surface area contributed by atoms with Gasteiger partial charge < -0.3 is 19.7 Å². The summed E-state index contributed by atoms with van der Waals surface area (Å²) >= 11 is 0. The number of ether oxygens (including phenoxy) is 2. The molecule has 9 nitrogen and oxygen atoms in total. The van der Waals surface area contributed by atoms with Crippen LogP contribution in [0.1, 0.15) is 32.6 Å². The van der Waals surface area contributed by atoms with Crippen molar-refractivity contribution in [3.05, 3.63) is 32.6 Å². The van der Waals surface area contributed by atoms with Crippen molar-refractivity contribution in [2.75, 3.05) is 6.61 Å². The maximum Gasteiger partial charge on any atom is 0.330 e. The molecule has 0 bridgehead atoms. The third-order valence-electron chi connectivity index (χ3n) is 3.75. The zero-order chi connectivity index (χ0) is 18.9. The van der Waals surface area contributed by atoms with E-state index in [1.54, 1.807) is 20.8 Å². The molecule has 1 saturated heterocycles. The smallest absolute Gasteiger partial charge is 0.330 e. The second-order valence-corrected chi connectivity index (χ2v) is 6.71. The van der Waals surface area contributed by atoms with E-state index in [1.165, 1.54) is 0 Å². The van der Waals surface area contributed by atoms with Gasteiger partial charge in [-0.15, -0.1) is 6.42 Å². The standard InChI is InChI=1S/C16H20N2O7/c1-5-8-6-18(15(23)17-12(8)21)13-11(10(20)9(7-19)24-13)25-14(22)16(2,3)4/h1,6,9-11,13,19-20H,7H2,2-4H3,(H,17,21,23)/t9-,10-,11-,13-/m1/s1. The molecule has 0 aromatic carbocycles. The molecule has 1 aliphatic heterocycles. The number of aromatic nitrogens is 2. The average Bonchev–Trinajstić information content (AvgIpc) is 2.83. The maximum atomic E-state index is 12.2. The molecule has 0 unspecified atom stereocenters. The van der Waals surface area contributed by atoms with Gasteiger partial charge in [0.15, 0.2) is 12.3 Å². The van der Waals surface area contributed by atoms with Gasteiger partial charge in [0.1, 0.15) is 17.8 Å². The molecule has 0 radical (unpaired) electrons. The second-order valence-electron chi connectivity index (χ2n) is 6.71. The minimum atomic E-state index is -1.37. The molecule has 136 valence electrons. The Labute approximate surface area is 143 Å². The van der Waals surface area contributed by atoms with Crippen molar-refractivity contribution in [1.29, 1.82) is 0 Å². The van der Waals surface area contributed by atoms with E-state index >= 15 is 0 Å². The van der Waals surface area contributed by atoms with Crippen LogP contribution in [0.3, 0.4) is 0 Å². The SMILES string of the molecule is C#Cc1cn([C@@H]2O[C@H](CO)[C@@H](O)[C@H]2OC(=O)C(C)(C)C)c(=O)[nH]c1=O. The van der Waals surface area contributed by atoms with E-state index in [4.69, 9.17) is 15.9 Å². The number of terminal acetylenes is 1. The summed E-state index contributed by atoms with van der Waals surface area (Å²) in [6.07, 6.45) is 1.34. The lowest BCUT2D eigenvalue weighted by Crippen LogP contribution is -2.42. The van der Waals surface area contributed by atoms with Gasteiger partial charge in [-0.05, 0) is 20.8 Å². The van der Waals surface area contributed by atoms with E-state index in [0.717, 1.165) is 10.8 Å². The molecule has 2 heterocycles. The molecule has 0 aliphatic carbocycles. The van der Waals surface area contributed by atoms with Crippen LogP contribution < -0.4 is 11.2 Å². The minimum Gasteiger partial charge on any atom is -0.454 e. The number of H-pyrrole nitrogens is 1. The van der Waals surface area contributed by atoms with Crippen LogP contribution in [-0.4, -0.2) is 50.7 Å². The molecule has 1 aromatic rings. The Morgan fingerprint density at radius 1 is 1.48 bits per heavy atom. The number of nitrogens with zero attached hydrogens (tertiary/aromatic N) is 1. The first kappa shape index (κ1) is 18.9. The van der Waals surface area contributed by atoms with Crippen molar-refractivity contribution in [3.8, 4) is 12.3 Å². The van der Waals surface area contributed by atoms with Gasteiger partial charge in [0.25, 0.3) is 5.56 Å². The minimum absolute atomic E-state index is 0.133. The van der Waals surface area contributed by atoms with Crippen LogP contribution >= 0.6 is 0 Å². The van der Waals surface area contributed by atoms with Crippen LogP contribution in [0.5, 0.6) is 0 Å². The Balaban J connectivity index is 2.47. The maximum absolute atomic E-state index is 12.2. The van der Waals surface area contributed by atoms with Crippen molar-refractivity contribution >= 4 is 5.97 Å². The fourth-order valence-corrected chi connectivity index (χ4v) is 2.30. The molecule has 4 atom stereocenters. The van der Waals surface area contributed by atoms with Crippen LogP contribution in [0.15, 0.2) is 15.8 Å². The predicted molar refractivity (Wildman–Crippen MR) is 85.6 cm³/mol. The van der Waals surface area contributed by atoms with Crippen molar-refractivity contribution in [2.24, 2.45) is 5.41 Å². The summed E-state index contributed by atoms with van der Waals surface area (Å²) in [4.78, 5) is 37.9. The largest absolute Gasteiger partial charge is 0.454 e. The lowest BCUT2D eigenvalue weighted by Gasteiger charge is -2.26. The van der Waals surface area contributed by atoms with E-state index in [0.29, 0.717) is 0 Å². The van der Waals surface area contributed by atoms with Crippen LogP contribution in [0, 0.1) is 17.8 Å². The molecule has 2 rings (SSSR count). The fourth-order valence-electron chi connectivity index (χ4n) is 2.30. The number of carbonyl (C=O) groups excluding carboxylic acids is 1. The van der Waals surface area contributed by atoms with Gasteiger partial charge in [-0.2, -0.15) is 0 Å². The number of esters is 1. The summed E-state index contributed by atoms with van der Waals surface area (Å²) in [5.74, 6) is 1.50. The molecule has 1 aliphatic rings. The highest BCUT2D eigenvalue weighted by Gasteiger charge is 2.48. The summed E-state index contributed by atoms with van der Waals surface area (Å²) < 4.78 is 11.7. The summed E-state index contributed by atoms with van der Waals surface area (Å²) in [5, 5.41) is 19.6. The van der Waals surface area contributed by atoms with Crippen molar-refractivity contribution < 1.29 is 24.5 Å². The number of aliphatic hydroxyl groups excluding tert-OH is 2. The third kappa shape index (κ3) is 3.66. The normalized spacial score (nSPS) is 26.2. The molecule has 25 heavy (non-hydrogen) atoms. The second kappa shape index (κ2) is 6.84. The summed E-state index contributed by atoms with van der Waals surface area (Å²) in [7, 11) is 0. The monoisotopic (exact) mass is 352 g/mol. The number of hydrogen-bond donors (Lipinski definition) is 3. The molecule has 3 N–H and O–H groups in total. The highest BCUT2D eigenvalue weighted by atomic mass is 16.6. The number of hydrogen-bond acceptors (Lipinski definition) is 7. The van der Waals surface area contributed by atoms with Crippen molar-refractivity contribution in [3.63, 3.8) is 0 Å². The third-order valence-corrected chi connectivity index (χ3v) is 3.75. The highest BCUT2D eigenvalue weighted by molar-refractivity contribution is 5.75. The van der Waals surface area contributed by atoms with E-state index in [2.05, 4.69) is 5.92 Å². The zero-order valence-corrected chi connectivity index (χ0v) is 14.1. The molecule has 9 heteroatoms. The lowest BCUT2D eigenvalue weighted by molar-refractivity contribution is -0.168. The Morgan fingerprint density at radius 2 is 2.12 bits per heavy atom. The Kier molecular flexibility index (Phi) is 5.17. The number of nitrogens with one attached hydrogen (secondary N) is 1. The quantitative estimate of drug-likeness (QED) is 0.456. The van der Waals surface area contributed by atoms with Gasteiger partial charge in [-0.3, -0.25) is 19.1 Å². The zero-order valence-electron chi connectivity index (χ0n) is 14.1. The fraction of sp³-hybridized carbons (Fsp3) is 0.562. The summed E-state index contributed by atoms with van der Waals surface area (Å²) in [6.45, 7) is 4.32. The van der Waals surface area contributed by atoms with Gasteiger partial charge in [0.2, 0.25) is 0 Å². The van der Waals surface area contributed by atoms with E-state index in [-0.39, 0.29) is 5.56 Å². The van der Waals surface area contributed by atoms with E-state index in [9.17, 15) is 24.6 Å². The lowest BCUT2D eigenvalue weighted by atomic mass is 9.97. The van der Waals surface area contributed by atoms with Gasteiger partial charge in [-0.1, -0.05) is 5.92 Å². The first-order valence-electron chi connectivity index (χ1n) is 7.57. The first-order valence-corrected chi connectivity index (χ1v) is 7.57. The van der Waals surface area contributed by atoms with Gasteiger partial charge in [0, 0.05) is 6.20 Å². The number of carbonyl (C=O) groups is 1. The number of aliphatic hydroxyl groups is 2. The van der Waals surface area contributed by atoms with Crippen molar-refractivity contribution in [2.45, 2.75) is 45.3 Å². The van der Waals surface area contributed by atoms with Crippen molar-refractivity contribution in [1.82, 2.24) is 9.55 Å². The Hall–Kier alpha value is -2.41.